The first-order chi connectivity index (χ1) is 9.31. The van der Waals surface area contributed by atoms with Crippen LogP contribution in [0.15, 0.2) is 24.3 Å². The van der Waals surface area contributed by atoms with E-state index < -0.39 is 5.60 Å². The number of hydrogen-bond donors (Lipinski definition) is 1. The van der Waals surface area contributed by atoms with Crippen molar-refractivity contribution in [2.75, 3.05) is 19.7 Å². The van der Waals surface area contributed by atoms with E-state index in [0.29, 0.717) is 12.3 Å². The first-order valence-electron chi connectivity index (χ1n) is 6.70. The Hall–Kier alpha value is -1.62. The van der Waals surface area contributed by atoms with Crippen molar-refractivity contribution in [1.82, 2.24) is 4.90 Å². The molecule has 0 unspecified atom stereocenters. The quantitative estimate of drug-likeness (QED) is 0.834. The molecule has 0 aliphatic carbocycles. The number of ether oxygens (including phenoxy) is 1. The Labute approximate surface area is 119 Å². The number of likely N-dealkylation sites (N-methyl/N-ethyl adjacent to an activating group) is 1. The summed E-state index contributed by atoms with van der Waals surface area (Å²) in [6, 6.07) is 5.81. The molecule has 1 rings (SSSR count). The molecule has 0 saturated carbocycles. The molecule has 20 heavy (non-hydrogen) atoms. The van der Waals surface area contributed by atoms with Crippen LogP contribution in [0.4, 0.5) is 4.39 Å². The Balaban J connectivity index is 2.42. The maximum absolute atomic E-state index is 12.9. The summed E-state index contributed by atoms with van der Waals surface area (Å²) in [6.45, 7) is 6.17. The Morgan fingerprint density at radius 2 is 2.15 bits per heavy atom. The van der Waals surface area contributed by atoms with Gasteiger partial charge in [0, 0.05) is 19.2 Å². The van der Waals surface area contributed by atoms with Crippen molar-refractivity contribution >= 4 is 5.91 Å². The van der Waals surface area contributed by atoms with Gasteiger partial charge < -0.3 is 14.7 Å². The smallest absolute Gasteiger partial charge is 0.226 e. The third-order valence-electron chi connectivity index (χ3n) is 2.69. The molecule has 0 aromatic heterocycles. The third-order valence-corrected chi connectivity index (χ3v) is 2.69. The van der Waals surface area contributed by atoms with E-state index in [2.05, 4.69) is 0 Å². The lowest BCUT2D eigenvalue weighted by molar-refractivity contribution is -0.134. The van der Waals surface area contributed by atoms with Crippen molar-refractivity contribution < 1.29 is 19.0 Å². The molecular weight excluding hydrogens is 261 g/mol. The topological polar surface area (TPSA) is 49.8 Å². The summed E-state index contributed by atoms with van der Waals surface area (Å²) in [4.78, 5) is 13.5. The minimum atomic E-state index is -0.922. The van der Waals surface area contributed by atoms with Gasteiger partial charge in [-0.05, 0) is 32.9 Å². The van der Waals surface area contributed by atoms with Crippen LogP contribution in [-0.4, -0.2) is 41.2 Å². The van der Waals surface area contributed by atoms with E-state index in [1.807, 2.05) is 6.92 Å². The first-order valence-corrected chi connectivity index (χ1v) is 6.70. The van der Waals surface area contributed by atoms with Gasteiger partial charge >= 0.3 is 0 Å². The number of rotatable bonds is 7. The van der Waals surface area contributed by atoms with Gasteiger partial charge in [0.15, 0.2) is 0 Å². The molecule has 0 atom stereocenters. The Bertz CT molecular complexity index is 443. The monoisotopic (exact) mass is 283 g/mol. The average molecular weight is 283 g/mol. The van der Waals surface area contributed by atoms with Crippen molar-refractivity contribution in [3.8, 4) is 5.75 Å². The fourth-order valence-electron chi connectivity index (χ4n) is 1.81. The van der Waals surface area contributed by atoms with Crippen LogP contribution in [-0.2, 0) is 4.79 Å². The zero-order valence-electron chi connectivity index (χ0n) is 12.2. The van der Waals surface area contributed by atoms with E-state index in [-0.39, 0.29) is 31.3 Å². The number of carbonyl (C=O) groups is 1. The van der Waals surface area contributed by atoms with Crippen molar-refractivity contribution in [3.05, 3.63) is 30.1 Å². The molecule has 112 valence electrons. The van der Waals surface area contributed by atoms with Gasteiger partial charge in [-0.25, -0.2) is 4.39 Å². The number of nitrogens with zero attached hydrogens (tertiary/aromatic N) is 1. The lowest BCUT2D eigenvalue weighted by atomic mass is 10.1. The summed E-state index contributed by atoms with van der Waals surface area (Å²) < 4.78 is 18.3. The van der Waals surface area contributed by atoms with Gasteiger partial charge in [-0.3, -0.25) is 4.79 Å². The summed E-state index contributed by atoms with van der Waals surface area (Å²) in [5.74, 6) is -0.0552. The predicted octanol–water partition coefficient (Wildman–Crippen LogP) is 2.21. The summed E-state index contributed by atoms with van der Waals surface area (Å²) >= 11 is 0. The number of aliphatic hydroxyl groups is 1. The molecule has 0 heterocycles. The molecule has 0 aliphatic heterocycles. The minimum absolute atomic E-state index is 0.0916. The van der Waals surface area contributed by atoms with E-state index in [1.165, 1.54) is 12.1 Å². The minimum Gasteiger partial charge on any atom is -0.493 e. The van der Waals surface area contributed by atoms with E-state index >= 15 is 0 Å². The highest BCUT2D eigenvalue weighted by Gasteiger charge is 2.20. The van der Waals surface area contributed by atoms with E-state index in [1.54, 1.807) is 30.9 Å². The highest BCUT2D eigenvalue weighted by molar-refractivity contribution is 5.76. The van der Waals surface area contributed by atoms with Crippen molar-refractivity contribution in [2.24, 2.45) is 0 Å². The van der Waals surface area contributed by atoms with Crippen LogP contribution in [0, 0.1) is 5.82 Å². The van der Waals surface area contributed by atoms with Crippen molar-refractivity contribution in [1.29, 1.82) is 0 Å². The number of halogens is 1. The fourth-order valence-corrected chi connectivity index (χ4v) is 1.81. The van der Waals surface area contributed by atoms with Crippen LogP contribution in [0.5, 0.6) is 5.75 Å². The standard InChI is InChI=1S/C15H22FNO3/c1-4-17(11-15(2,3)19)14(18)8-9-20-13-7-5-6-12(16)10-13/h5-7,10,19H,4,8-9,11H2,1-3H3. The molecule has 1 aromatic carbocycles. The van der Waals surface area contributed by atoms with Crippen LogP contribution < -0.4 is 4.74 Å². The molecule has 0 radical (unpaired) electrons. The van der Waals surface area contributed by atoms with Gasteiger partial charge in [-0.1, -0.05) is 6.07 Å². The average Bonchev–Trinajstić information content (AvgIpc) is 2.34. The number of carbonyl (C=O) groups excluding carboxylic acids is 1. The maximum atomic E-state index is 12.9. The lowest BCUT2D eigenvalue weighted by Gasteiger charge is -2.28. The van der Waals surface area contributed by atoms with E-state index in [0.717, 1.165) is 0 Å². The second kappa shape index (κ2) is 7.24. The molecule has 0 fully saturated rings. The van der Waals surface area contributed by atoms with Gasteiger partial charge in [0.2, 0.25) is 5.91 Å². The lowest BCUT2D eigenvalue weighted by Crippen LogP contribution is -2.42. The van der Waals surface area contributed by atoms with Crippen LogP contribution in [0.3, 0.4) is 0 Å². The molecule has 1 aromatic rings. The van der Waals surface area contributed by atoms with E-state index in [9.17, 15) is 14.3 Å². The van der Waals surface area contributed by atoms with Crippen LogP contribution >= 0.6 is 0 Å². The summed E-state index contributed by atoms with van der Waals surface area (Å²) in [6.07, 6.45) is 0.195. The zero-order chi connectivity index (χ0) is 15.2. The Kier molecular flexibility index (Phi) is 5.95. The highest BCUT2D eigenvalue weighted by atomic mass is 19.1. The molecule has 0 spiro atoms. The first kappa shape index (κ1) is 16.4. The Morgan fingerprint density at radius 3 is 2.70 bits per heavy atom. The summed E-state index contributed by atoms with van der Waals surface area (Å²) in [7, 11) is 0. The van der Waals surface area contributed by atoms with Crippen molar-refractivity contribution in [3.63, 3.8) is 0 Å². The largest absolute Gasteiger partial charge is 0.493 e. The fraction of sp³-hybridized carbons (Fsp3) is 0.533. The van der Waals surface area contributed by atoms with Crippen LogP contribution in [0.2, 0.25) is 0 Å². The molecule has 0 bridgehead atoms. The molecule has 4 nitrogen and oxygen atoms in total. The summed E-state index contributed by atoms with van der Waals surface area (Å²) in [5.41, 5.74) is -0.922. The highest BCUT2D eigenvalue weighted by Crippen LogP contribution is 2.12. The van der Waals surface area contributed by atoms with Gasteiger partial charge in [0.05, 0.1) is 18.6 Å². The molecule has 1 amide bonds. The zero-order valence-corrected chi connectivity index (χ0v) is 12.2. The predicted molar refractivity (Wildman–Crippen MR) is 75.1 cm³/mol. The molecule has 1 N–H and O–H groups in total. The van der Waals surface area contributed by atoms with Crippen LogP contribution in [0.25, 0.3) is 0 Å². The molecule has 0 saturated heterocycles. The molecular formula is C15H22FNO3. The maximum Gasteiger partial charge on any atom is 0.226 e. The number of hydrogen-bond acceptors (Lipinski definition) is 3. The van der Waals surface area contributed by atoms with Crippen LogP contribution in [0.1, 0.15) is 27.2 Å². The van der Waals surface area contributed by atoms with Gasteiger partial charge in [-0.2, -0.15) is 0 Å². The normalized spacial score (nSPS) is 11.2. The van der Waals surface area contributed by atoms with E-state index in [4.69, 9.17) is 4.74 Å². The number of amides is 1. The van der Waals surface area contributed by atoms with Crippen molar-refractivity contribution in [2.45, 2.75) is 32.8 Å². The van der Waals surface area contributed by atoms with Gasteiger partial charge in [-0.15, -0.1) is 0 Å². The summed E-state index contributed by atoms with van der Waals surface area (Å²) in [5, 5.41) is 9.74. The molecule has 0 aliphatic rings. The second-order valence-corrected chi connectivity index (χ2v) is 5.28. The third kappa shape index (κ3) is 6.02. The van der Waals surface area contributed by atoms with Gasteiger partial charge in [0.25, 0.3) is 0 Å². The number of benzene rings is 1. The molecule has 5 heteroatoms. The second-order valence-electron chi connectivity index (χ2n) is 5.28. The van der Waals surface area contributed by atoms with Gasteiger partial charge in [0.1, 0.15) is 11.6 Å². The Morgan fingerprint density at radius 1 is 1.45 bits per heavy atom. The SMILES string of the molecule is CCN(CC(C)(C)O)C(=O)CCOc1cccc(F)c1.